The summed E-state index contributed by atoms with van der Waals surface area (Å²) in [5.74, 6) is 0.296. The standard InChI is InChI=1S/C24H30N2O4S/c1-2-17-30-23-14-12-22(13-15-23)25-24(27)21-11-6-16-26(19-21)31(28,29)18-7-10-20-8-4-3-5-9-20/h2-5,8-9,12-15,21H,1,6-7,10-11,16-19H2,(H,25,27)/t21-/m1/s1. The van der Waals surface area contributed by atoms with E-state index in [1.165, 1.54) is 4.31 Å². The molecule has 0 spiro atoms. The van der Waals surface area contributed by atoms with Gasteiger partial charge in [0.2, 0.25) is 15.9 Å². The Labute approximate surface area is 185 Å². The lowest BCUT2D eigenvalue weighted by Crippen LogP contribution is -2.44. The number of anilines is 1. The van der Waals surface area contributed by atoms with Crippen molar-refractivity contribution in [3.05, 3.63) is 72.8 Å². The van der Waals surface area contributed by atoms with E-state index >= 15 is 0 Å². The summed E-state index contributed by atoms with van der Waals surface area (Å²) in [6.07, 6.45) is 4.33. The van der Waals surface area contributed by atoms with Gasteiger partial charge in [-0.3, -0.25) is 4.79 Å². The van der Waals surface area contributed by atoms with Gasteiger partial charge in [0.15, 0.2) is 0 Å². The van der Waals surface area contributed by atoms with Gasteiger partial charge in [-0.2, -0.15) is 0 Å². The van der Waals surface area contributed by atoms with Gasteiger partial charge in [-0.05, 0) is 55.5 Å². The summed E-state index contributed by atoms with van der Waals surface area (Å²) < 4.78 is 32.5. The maximum absolute atomic E-state index is 12.8. The van der Waals surface area contributed by atoms with E-state index in [4.69, 9.17) is 4.74 Å². The Morgan fingerprint density at radius 1 is 1.16 bits per heavy atom. The number of rotatable bonds is 10. The molecule has 1 N–H and O–H groups in total. The number of sulfonamides is 1. The van der Waals surface area contributed by atoms with Gasteiger partial charge in [0.1, 0.15) is 12.4 Å². The number of amides is 1. The van der Waals surface area contributed by atoms with Crippen LogP contribution in [0.1, 0.15) is 24.8 Å². The van der Waals surface area contributed by atoms with Crippen molar-refractivity contribution in [1.82, 2.24) is 4.31 Å². The van der Waals surface area contributed by atoms with E-state index < -0.39 is 10.0 Å². The van der Waals surface area contributed by atoms with Crippen LogP contribution < -0.4 is 10.1 Å². The number of piperidine rings is 1. The van der Waals surface area contributed by atoms with Crippen LogP contribution in [-0.4, -0.2) is 44.1 Å². The SMILES string of the molecule is C=CCOc1ccc(NC(=O)[C@@H]2CCCN(S(=O)(=O)CCCc3ccccc3)C2)cc1. The molecule has 2 aromatic rings. The molecular weight excluding hydrogens is 412 g/mol. The molecule has 0 unspecified atom stereocenters. The van der Waals surface area contributed by atoms with Gasteiger partial charge in [-0.25, -0.2) is 12.7 Å². The highest BCUT2D eigenvalue weighted by Crippen LogP contribution is 2.23. The van der Waals surface area contributed by atoms with Crippen molar-refractivity contribution in [2.75, 3.05) is 30.8 Å². The zero-order valence-corrected chi connectivity index (χ0v) is 18.5. The third-order valence-corrected chi connectivity index (χ3v) is 7.27. The maximum Gasteiger partial charge on any atom is 0.228 e. The van der Waals surface area contributed by atoms with Crippen molar-refractivity contribution < 1.29 is 17.9 Å². The van der Waals surface area contributed by atoms with Crippen LogP contribution in [0.4, 0.5) is 5.69 Å². The molecule has 2 aromatic carbocycles. The van der Waals surface area contributed by atoms with Crippen molar-refractivity contribution in [3.8, 4) is 5.75 Å². The van der Waals surface area contributed by atoms with Crippen LogP contribution in [0, 0.1) is 5.92 Å². The summed E-state index contributed by atoms with van der Waals surface area (Å²) in [6, 6.07) is 17.0. The second-order valence-electron chi connectivity index (χ2n) is 7.72. The van der Waals surface area contributed by atoms with Gasteiger partial charge in [0.05, 0.1) is 11.7 Å². The second-order valence-corrected chi connectivity index (χ2v) is 9.80. The van der Waals surface area contributed by atoms with Crippen LogP contribution in [0.3, 0.4) is 0 Å². The van der Waals surface area contributed by atoms with E-state index in [0.717, 1.165) is 12.0 Å². The minimum Gasteiger partial charge on any atom is -0.490 e. The molecule has 3 rings (SSSR count). The molecule has 166 valence electrons. The smallest absolute Gasteiger partial charge is 0.228 e. The molecule has 0 bridgehead atoms. The number of nitrogens with one attached hydrogen (secondary N) is 1. The molecule has 0 radical (unpaired) electrons. The molecule has 1 aliphatic rings. The summed E-state index contributed by atoms with van der Waals surface area (Å²) >= 11 is 0. The lowest BCUT2D eigenvalue weighted by Gasteiger charge is -2.31. The number of hydrogen-bond acceptors (Lipinski definition) is 4. The average molecular weight is 443 g/mol. The fourth-order valence-electron chi connectivity index (χ4n) is 3.68. The lowest BCUT2D eigenvalue weighted by molar-refractivity contribution is -0.120. The van der Waals surface area contributed by atoms with E-state index in [1.807, 2.05) is 30.3 Å². The largest absolute Gasteiger partial charge is 0.490 e. The summed E-state index contributed by atoms with van der Waals surface area (Å²) in [7, 11) is -3.38. The molecule has 0 saturated carbocycles. The van der Waals surface area contributed by atoms with Crippen molar-refractivity contribution in [3.63, 3.8) is 0 Å². The highest BCUT2D eigenvalue weighted by Gasteiger charge is 2.32. The zero-order valence-electron chi connectivity index (χ0n) is 17.7. The first kappa shape index (κ1) is 23.0. The monoisotopic (exact) mass is 442 g/mol. The third kappa shape index (κ3) is 6.94. The number of benzene rings is 2. The molecule has 0 aromatic heterocycles. The third-order valence-electron chi connectivity index (χ3n) is 5.35. The van der Waals surface area contributed by atoms with Crippen LogP contribution in [0.5, 0.6) is 5.75 Å². The van der Waals surface area contributed by atoms with Crippen LogP contribution >= 0.6 is 0 Å². The van der Waals surface area contributed by atoms with Gasteiger partial charge in [0.25, 0.3) is 0 Å². The van der Waals surface area contributed by atoms with Gasteiger partial charge in [-0.15, -0.1) is 0 Å². The molecule has 1 fully saturated rings. The molecule has 6 nitrogen and oxygen atoms in total. The average Bonchev–Trinajstić information content (AvgIpc) is 2.79. The van der Waals surface area contributed by atoms with E-state index in [2.05, 4.69) is 11.9 Å². The Morgan fingerprint density at radius 2 is 1.90 bits per heavy atom. The normalized spacial score (nSPS) is 17.1. The summed E-state index contributed by atoms with van der Waals surface area (Å²) in [5, 5.41) is 2.90. The summed E-state index contributed by atoms with van der Waals surface area (Å²) in [5.41, 5.74) is 1.80. The summed E-state index contributed by atoms with van der Waals surface area (Å²) in [6.45, 7) is 4.74. The van der Waals surface area contributed by atoms with Crippen molar-refractivity contribution in [2.24, 2.45) is 5.92 Å². The topological polar surface area (TPSA) is 75.7 Å². The first-order valence-electron chi connectivity index (χ1n) is 10.6. The molecule has 0 aliphatic carbocycles. The zero-order chi connectivity index (χ0) is 22.1. The Hall–Kier alpha value is -2.64. The Balaban J connectivity index is 1.51. The highest BCUT2D eigenvalue weighted by molar-refractivity contribution is 7.89. The maximum atomic E-state index is 12.8. The van der Waals surface area contributed by atoms with Crippen molar-refractivity contribution in [1.29, 1.82) is 0 Å². The van der Waals surface area contributed by atoms with E-state index in [-0.39, 0.29) is 24.1 Å². The van der Waals surface area contributed by atoms with Gasteiger partial charge >= 0.3 is 0 Å². The fraction of sp³-hybridized carbons (Fsp3) is 0.375. The quantitative estimate of drug-likeness (QED) is 0.567. The second kappa shape index (κ2) is 11.1. The first-order chi connectivity index (χ1) is 15.0. The van der Waals surface area contributed by atoms with E-state index in [9.17, 15) is 13.2 Å². The first-order valence-corrected chi connectivity index (χ1v) is 12.3. The number of carbonyl (C=O) groups is 1. The van der Waals surface area contributed by atoms with Crippen molar-refractivity contribution in [2.45, 2.75) is 25.7 Å². The summed E-state index contributed by atoms with van der Waals surface area (Å²) in [4.78, 5) is 12.7. The van der Waals surface area contributed by atoms with E-state index in [1.54, 1.807) is 30.3 Å². The Morgan fingerprint density at radius 3 is 2.61 bits per heavy atom. The van der Waals surface area contributed by atoms with Crippen LogP contribution in [0.25, 0.3) is 0 Å². The number of ether oxygens (including phenoxy) is 1. The number of hydrogen-bond donors (Lipinski definition) is 1. The van der Waals surface area contributed by atoms with E-state index in [0.29, 0.717) is 43.9 Å². The van der Waals surface area contributed by atoms with Gasteiger partial charge < -0.3 is 10.1 Å². The molecule has 1 heterocycles. The van der Waals surface area contributed by atoms with Gasteiger partial charge in [0, 0.05) is 18.8 Å². The Bertz CT molecular complexity index is 959. The molecule has 7 heteroatoms. The minimum atomic E-state index is -3.38. The highest BCUT2D eigenvalue weighted by atomic mass is 32.2. The van der Waals surface area contributed by atoms with Crippen LogP contribution in [0.15, 0.2) is 67.3 Å². The van der Waals surface area contributed by atoms with Crippen molar-refractivity contribution >= 4 is 21.6 Å². The fourth-order valence-corrected chi connectivity index (χ4v) is 5.26. The number of nitrogens with zero attached hydrogens (tertiary/aromatic N) is 1. The minimum absolute atomic E-state index is 0.0996. The predicted molar refractivity (Wildman–Crippen MR) is 124 cm³/mol. The molecule has 1 aliphatic heterocycles. The molecule has 1 atom stereocenters. The number of aryl methyl sites for hydroxylation is 1. The number of carbonyl (C=O) groups excluding carboxylic acids is 1. The lowest BCUT2D eigenvalue weighted by atomic mass is 9.99. The molecular formula is C24H30N2O4S. The van der Waals surface area contributed by atoms with Gasteiger partial charge in [-0.1, -0.05) is 43.0 Å². The molecule has 31 heavy (non-hydrogen) atoms. The molecule has 1 saturated heterocycles. The Kier molecular flexibility index (Phi) is 8.26. The van der Waals surface area contributed by atoms with Crippen LogP contribution in [-0.2, 0) is 21.2 Å². The van der Waals surface area contributed by atoms with Crippen LogP contribution in [0.2, 0.25) is 0 Å². The predicted octanol–water partition coefficient (Wildman–Crippen LogP) is 3.86. The molecule has 1 amide bonds.